The van der Waals surface area contributed by atoms with Crippen LogP contribution in [-0.4, -0.2) is 36.6 Å². The lowest BCUT2D eigenvalue weighted by molar-refractivity contribution is -0.141. The number of hydrogen-bond acceptors (Lipinski definition) is 3. The van der Waals surface area contributed by atoms with E-state index in [0.29, 0.717) is 0 Å². The monoisotopic (exact) mass is 302 g/mol. The first-order valence-corrected chi connectivity index (χ1v) is 7.93. The Hall–Kier alpha value is -2.04. The standard InChI is InChI=1S/C17H22N2O3/c1-12-6-8-18(9-7-12)14-4-2-3-5-15(14)19-11-13(17(21)22)10-16(19)20/h2-5,12-13H,6-11H2,1H3,(H,21,22)/t13-/m0/s1. The SMILES string of the molecule is CC1CCN(c2ccccc2N2C[C@@H](C(=O)O)CC2=O)CC1. The van der Waals surface area contributed by atoms with Crippen LogP contribution in [0.2, 0.25) is 0 Å². The molecule has 1 amide bonds. The van der Waals surface area contributed by atoms with Crippen LogP contribution in [0.1, 0.15) is 26.2 Å². The number of nitrogens with zero attached hydrogens (tertiary/aromatic N) is 2. The molecule has 2 heterocycles. The van der Waals surface area contributed by atoms with E-state index in [1.54, 1.807) is 4.90 Å². The van der Waals surface area contributed by atoms with Gasteiger partial charge in [0.2, 0.25) is 5.91 Å². The highest BCUT2D eigenvalue weighted by atomic mass is 16.4. The molecule has 0 saturated carbocycles. The third kappa shape index (κ3) is 2.80. The molecule has 1 aromatic rings. The summed E-state index contributed by atoms with van der Waals surface area (Å²) in [5, 5.41) is 9.15. The van der Waals surface area contributed by atoms with E-state index in [2.05, 4.69) is 11.8 Å². The molecule has 0 aromatic heterocycles. The van der Waals surface area contributed by atoms with Crippen LogP contribution in [0.5, 0.6) is 0 Å². The number of carbonyl (C=O) groups excluding carboxylic acids is 1. The molecular weight excluding hydrogens is 280 g/mol. The molecule has 0 radical (unpaired) electrons. The molecule has 0 unspecified atom stereocenters. The average Bonchev–Trinajstić information content (AvgIpc) is 2.90. The zero-order valence-corrected chi connectivity index (χ0v) is 12.9. The highest BCUT2D eigenvalue weighted by molar-refractivity contribution is 6.01. The minimum absolute atomic E-state index is 0.0924. The van der Waals surface area contributed by atoms with Gasteiger partial charge in [-0.15, -0.1) is 0 Å². The van der Waals surface area contributed by atoms with Crippen LogP contribution in [0.25, 0.3) is 0 Å². The summed E-state index contributed by atoms with van der Waals surface area (Å²) < 4.78 is 0. The highest BCUT2D eigenvalue weighted by Crippen LogP contribution is 2.35. The topological polar surface area (TPSA) is 60.9 Å². The van der Waals surface area contributed by atoms with Gasteiger partial charge in [0.15, 0.2) is 0 Å². The lowest BCUT2D eigenvalue weighted by Gasteiger charge is -2.34. The van der Waals surface area contributed by atoms with Gasteiger partial charge in [0.25, 0.3) is 0 Å². The van der Waals surface area contributed by atoms with Crippen LogP contribution in [0.4, 0.5) is 11.4 Å². The number of carboxylic acid groups (broad SMARTS) is 1. The van der Waals surface area contributed by atoms with E-state index < -0.39 is 11.9 Å². The molecule has 0 aliphatic carbocycles. The van der Waals surface area contributed by atoms with Gasteiger partial charge in [-0.1, -0.05) is 19.1 Å². The van der Waals surface area contributed by atoms with Crippen LogP contribution in [0.3, 0.4) is 0 Å². The van der Waals surface area contributed by atoms with Crippen molar-refractivity contribution < 1.29 is 14.7 Å². The van der Waals surface area contributed by atoms with E-state index in [-0.39, 0.29) is 18.9 Å². The van der Waals surface area contributed by atoms with Crippen LogP contribution < -0.4 is 9.80 Å². The van der Waals surface area contributed by atoms with E-state index in [1.165, 1.54) is 0 Å². The summed E-state index contributed by atoms with van der Waals surface area (Å²) in [5.41, 5.74) is 1.90. The zero-order valence-electron chi connectivity index (χ0n) is 12.9. The second kappa shape index (κ2) is 5.99. The smallest absolute Gasteiger partial charge is 0.308 e. The van der Waals surface area contributed by atoms with Crippen LogP contribution in [0, 0.1) is 11.8 Å². The maximum atomic E-state index is 12.2. The zero-order chi connectivity index (χ0) is 15.7. The highest BCUT2D eigenvalue weighted by Gasteiger charge is 2.36. The van der Waals surface area contributed by atoms with E-state index in [1.807, 2.05) is 24.3 Å². The van der Waals surface area contributed by atoms with E-state index in [0.717, 1.165) is 43.2 Å². The molecule has 118 valence electrons. The molecule has 2 saturated heterocycles. The third-order valence-electron chi connectivity index (χ3n) is 4.77. The van der Waals surface area contributed by atoms with Crippen molar-refractivity contribution in [2.75, 3.05) is 29.4 Å². The first kappa shape index (κ1) is 14.9. The molecule has 2 fully saturated rings. The summed E-state index contributed by atoms with van der Waals surface area (Å²) in [7, 11) is 0. The number of aliphatic carboxylic acids is 1. The Morgan fingerprint density at radius 2 is 1.82 bits per heavy atom. The Bertz CT molecular complexity index is 579. The van der Waals surface area contributed by atoms with Crippen molar-refractivity contribution >= 4 is 23.3 Å². The molecule has 1 aromatic carbocycles. The van der Waals surface area contributed by atoms with Gasteiger partial charge >= 0.3 is 5.97 Å². The predicted octanol–water partition coefficient (Wildman–Crippen LogP) is 2.36. The van der Waals surface area contributed by atoms with Gasteiger partial charge in [-0.3, -0.25) is 9.59 Å². The lowest BCUT2D eigenvalue weighted by Crippen LogP contribution is -2.35. The van der Waals surface area contributed by atoms with Gasteiger partial charge in [0, 0.05) is 26.1 Å². The van der Waals surface area contributed by atoms with Crippen molar-refractivity contribution in [1.29, 1.82) is 0 Å². The van der Waals surface area contributed by atoms with Crippen molar-refractivity contribution in [3.05, 3.63) is 24.3 Å². The number of anilines is 2. The Labute approximate surface area is 130 Å². The quantitative estimate of drug-likeness (QED) is 0.931. The number of benzene rings is 1. The van der Waals surface area contributed by atoms with Gasteiger partial charge in [-0.05, 0) is 30.9 Å². The Kier molecular flexibility index (Phi) is 4.05. The van der Waals surface area contributed by atoms with Gasteiger partial charge in [-0.2, -0.15) is 0 Å². The van der Waals surface area contributed by atoms with Crippen LogP contribution >= 0.6 is 0 Å². The van der Waals surface area contributed by atoms with Crippen LogP contribution in [0.15, 0.2) is 24.3 Å². The number of para-hydroxylation sites is 2. The summed E-state index contributed by atoms with van der Waals surface area (Å²) in [4.78, 5) is 27.3. The third-order valence-corrected chi connectivity index (χ3v) is 4.77. The fourth-order valence-electron chi connectivity index (χ4n) is 3.32. The maximum Gasteiger partial charge on any atom is 0.308 e. The van der Waals surface area contributed by atoms with Crippen LogP contribution in [-0.2, 0) is 9.59 Å². The Balaban J connectivity index is 1.85. The molecule has 5 heteroatoms. The minimum Gasteiger partial charge on any atom is -0.481 e. The average molecular weight is 302 g/mol. The van der Waals surface area contributed by atoms with Crippen molar-refractivity contribution in [1.82, 2.24) is 0 Å². The molecule has 5 nitrogen and oxygen atoms in total. The first-order chi connectivity index (χ1) is 10.6. The van der Waals surface area contributed by atoms with Gasteiger partial charge in [-0.25, -0.2) is 0 Å². The van der Waals surface area contributed by atoms with E-state index in [9.17, 15) is 9.59 Å². The van der Waals surface area contributed by atoms with Gasteiger partial charge < -0.3 is 14.9 Å². The molecule has 3 rings (SSSR count). The molecule has 2 aliphatic heterocycles. The second-order valence-corrected chi connectivity index (χ2v) is 6.40. The van der Waals surface area contributed by atoms with Crippen molar-refractivity contribution in [2.24, 2.45) is 11.8 Å². The predicted molar refractivity (Wildman–Crippen MR) is 85.1 cm³/mol. The number of rotatable bonds is 3. The Morgan fingerprint density at radius 1 is 1.18 bits per heavy atom. The molecule has 0 spiro atoms. The summed E-state index contributed by atoms with van der Waals surface area (Å²) in [6.45, 7) is 4.52. The number of amides is 1. The summed E-state index contributed by atoms with van der Waals surface area (Å²) in [6, 6.07) is 7.85. The fraction of sp³-hybridized carbons (Fsp3) is 0.529. The summed E-state index contributed by atoms with van der Waals surface area (Å²) >= 11 is 0. The molecule has 1 N–H and O–H groups in total. The molecule has 2 aliphatic rings. The fourth-order valence-corrected chi connectivity index (χ4v) is 3.32. The Morgan fingerprint density at radius 3 is 2.41 bits per heavy atom. The van der Waals surface area contributed by atoms with Crippen molar-refractivity contribution in [3.63, 3.8) is 0 Å². The first-order valence-electron chi connectivity index (χ1n) is 7.93. The molecule has 0 bridgehead atoms. The van der Waals surface area contributed by atoms with Crippen molar-refractivity contribution in [2.45, 2.75) is 26.2 Å². The molecular formula is C17H22N2O3. The number of hydrogen-bond donors (Lipinski definition) is 1. The number of carboxylic acids is 1. The number of carbonyl (C=O) groups is 2. The lowest BCUT2D eigenvalue weighted by atomic mass is 9.98. The second-order valence-electron chi connectivity index (χ2n) is 6.40. The summed E-state index contributed by atoms with van der Waals surface area (Å²) in [6.07, 6.45) is 2.40. The number of piperidine rings is 1. The normalized spacial score (nSPS) is 23.1. The minimum atomic E-state index is -0.889. The maximum absolute atomic E-state index is 12.2. The molecule has 1 atom stereocenters. The van der Waals surface area contributed by atoms with Gasteiger partial charge in [0.05, 0.1) is 17.3 Å². The van der Waals surface area contributed by atoms with E-state index >= 15 is 0 Å². The largest absolute Gasteiger partial charge is 0.481 e. The molecule has 22 heavy (non-hydrogen) atoms. The van der Waals surface area contributed by atoms with E-state index in [4.69, 9.17) is 5.11 Å². The van der Waals surface area contributed by atoms with Crippen molar-refractivity contribution in [3.8, 4) is 0 Å². The van der Waals surface area contributed by atoms with Gasteiger partial charge in [0.1, 0.15) is 0 Å². The summed E-state index contributed by atoms with van der Waals surface area (Å²) in [5.74, 6) is -0.833.